The van der Waals surface area contributed by atoms with E-state index in [1.54, 1.807) is 0 Å². The zero-order valence-corrected chi connectivity index (χ0v) is 13.4. The molecular formula is C14H24N4OS. The largest absolute Gasteiger partial charge is 0.342 e. The molecular weight excluding hydrogens is 272 g/mol. The van der Waals surface area contributed by atoms with Gasteiger partial charge >= 0.3 is 0 Å². The van der Waals surface area contributed by atoms with E-state index in [0.29, 0.717) is 18.2 Å². The highest BCUT2D eigenvalue weighted by Crippen LogP contribution is 2.16. The van der Waals surface area contributed by atoms with Crippen molar-refractivity contribution < 1.29 is 4.79 Å². The van der Waals surface area contributed by atoms with Gasteiger partial charge in [-0.2, -0.15) is 0 Å². The molecule has 1 fully saturated rings. The molecule has 0 N–H and O–H groups in total. The van der Waals surface area contributed by atoms with Gasteiger partial charge in [0.15, 0.2) is 0 Å². The zero-order chi connectivity index (χ0) is 14.5. The normalized spacial score (nSPS) is 19.6. The summed E-state index contributed by atoms with van der Waals surface area (Å²) in [5.74, 6) is 0.943. The summed E-state index contributed by atoms with van der Waals surface area (Å²) in [5, 5.41) is 4.01. The van der Waals surface area contributed by atoms with Crippen LogP contribution in [0.4, 0.5) is 0 Å². The van der Waals surface area contributed by atoms with Crippen LogP contribution in [0, 0.1) is 12.8 Å². The molecule has 5 nitrogen and oxygen atoms in total. The molecule has 1 aromatic heterocycles. The maximum atomic E-state index is 12.2. The maximum absolute atomic E-state index is 12.2. The van der Waals surface area contributed by atoms with Gasteiger partial charge in [0.05, 0.1) is 10.6 Å². The number of hydrogen-bond acceptors (Lipinski definition) is 5. The van der Waals surface area contributed by atoms with Gasteiger partial charge < -0.3 is 9.80 Å². The molecule has 0 bridgehead atoms. The summed E-state index contributed by atoms with van der Waals surface area (Å²) < 4.78 is 3.94. The zero-order valence-electron chi connectivity index (χ0n) is 12.6. The van der Waals surface area contributed by atoms with E-state index in [1.165, 1.54) is 22.8 Å². The van der Waals surface area contributed by atoms with E-state index in [1.807, 2.05) is 18.9 Å². The SMILES string of the molecule is Cc1nnsc1CN(C)CCC(=O)N1CCCC(C)C1. The van der Waals surface area contributed by atoms with Crippen molar-refractivity contribution in [2.75, 3.05) is 26.7 Å². The maximum Gasteiger partial charge on any atom is 0.223 e. The average Bonchev–Trinajstić information content (AvgIpc) is 2.81. The molecule has 20 heavy (non-hydrogen) atoms. The third-order valence-electron chi connectivity index (χ3n) is 3.88. The van der Waals surface area contributed by atoms with Crippen LogP contribution in [0.2, 0.25) is 0 Å². The van der Waals surface area contributed by atoms with Crippen molar-refractivity contribution in [3.05, 3.63) is 10.6 Å². The molecule has 1 unspecified atom stereocenters. The lowest BCUT2D eigenvalue weighted by molar-refractivity contribution is -0.133. The van der Waals surface area contributed by atoms with Crippen molar-refractivity contribution in [1.29, 1.82) is 0 Å². The number of amides is 1. The Morgan fingerprint density at radius 3 is 3.00 bits per heavy atom. The molecule has 2 rings (SSSR count). The van der Waals surface area contributed by atoms with Crippen molar-refractivity contribution in [3.8, 4) is 0 Å². The minimum Gasteiger partial charge on any atom is -0.342 e. The third-order valence-corrected chi connectivity index (χ3v) is 4.68. The first-order valence-electron chi connectivity index (χ1n) is 7.30. The number of carbonyl (C=O) groups is 1. The summed E-state index contributed by atoms with van der Waals surface area (Å²) in [6, 6.07) is 0. The molecule has 0 radical (unpaired) electrons. The summed E-state index contributed by atoms with van der Waals surface area (Å²) >= 11 is 1.44. The van der Waals surface area contributed by atoms with E-state index in [0.717, 1.165) is 38.3 Å². The van der Waals surface area contributed by atoms with Gasteiger partial charge in [-0.05, 0) is 44.3 Å². The average molecular weight is 296 g/mol. The van der Waals surface area contributed by atoms with Crippen molar-refractivity contribution in [3.63, 3.8) is 0 Å². The first-order chi connectivity index (χ1) is 9.56. The fraction of sp³-hybridized carbons (Fsp3) is 0.786. The van der Waals surface area contributed by atoms with Crippen LogP contribution in [0.3, 0.4) is 0 Å². The molecule has 0 aromatic carbocycles. The Balaban J connectivity index is 1.74. The first kappa shape index (κ1) is 15.4. The van der Waals surface area contributed by atoms with Gasteiger partial charge in [-0.1, -0.05) is 11.4 Å². The minimum atomic E-state index is 0.294. The van der Waals surface area contributed by atoms with E-state index >= 15 is 0 Å². The number of piperidine rings is 1. The molecule has 6 heteroatoms. The number of likely N-dealkylation sites (tertiary alicyclic amines) is 1. The second-order valence-electron chi connectivity index (χ2n) is 5.86. The Kier molecular flexibility index (Phi) is 5.48. The number of aryl methyl sites for hydroxylation is 1. The highest BCUT2D eigenvalue weighted by Gasteiger charge is 2.20. The predicted molar refractivity (Wildman–Crippen MR) is 80.6 cm³/mol. The fourth-order valence-electron chi connectivity index (χ4n) is 2.58. The second kappa shape index (κ2) is 7.13. The summed E-state index contributed by atoms with van der Waals surface area (Å²) in [6.45, 7) is 7.69. The predicted octanol–water partition coefficient (Wildman–Crippen LogP) is 1.93. The van der Waals surface area contributed by atoms with E-state index < -0.39 is 0 Å². The number of aromatic nitrogens is 2. The second-order valence-corrected chi connectivity index (χ2v) is 6.70. The van der Waals surface area contributed by atoms with E-state index in [2.05, 4.69) is 21.4 Å². The minimum absolute atomic E-state index is 0.294. The van der Waals surface area contributed by atoms with Crippen LogP contribution < -0.4 is 0 Å². The molecule has 1 atom stereocenters. The molecule has 112 valence electrons. The highest BCUT2D eigenvalue weighted by molar-refractivity contribution is 7.05. The van der Waals surface area contributed by atoms with Crippen LogP contribution in [-0.4, -0.2) is 52.0 Å². The van der Waals surface area contributed by atoms with E-state index in [-0.39, 0.29) is 0 Å². The molecule has 1 aromatic rings. The quantitative estimate of drug-likeness (QED) is 0.833. The highest BCUT2D eigenvalue weighted by atomic mass is 32.1. The molecule has 0 saturated carbocycles. The Bertz CT molecular complexity index is 448. The standard InChI is InChI=1S/C14H24N4OS/c1-11-5-4-7-18(9-11)14(19)6-8-17(3)10-13-12(2)15-16-20-13/h11H,4-10H2,1-3H3. The van der Waals surface area contributed by atoms with Gasteiger partial charge in [0.2, 0.25) is 5.91 Å². The van der Waals surface area contributed by atoms with Crippen LogP contribution in [0.5, 0.6) is 0 Å². The van der Waals surface area contributed by atoms with Crippen LogP contribution in [0.1, 0.15) is 36.8 Å². The molecule has 1 saturated heterocycles. The van der Waals surface area contributed by atoms with Crippen molar-refractivity contribution in [2.24, 2.45) is 5.92 Å². The Labute approximate surface area is 125 Å². The molecule has 0 spiro atoms. The number of nitrogens with zero attached hydrogens (tertiary/aromatic N) is 4. The van der Waals surface area contributed by atoms with Crippen LogP contribution >= 0.6 is 11.5 Å². The first-order valence-corrected chi connectivity index (χ1v) is 8.07. The van der Waals surface area contributed by atoms with Gasteiger partial charge in [0, 0.05) is 32.6 Å². The molecule has 1 amide bonds. The number of carbonyl (C=O) groups excluding carboxylic acids is 1. The smallest absolute Gasteiger partial charge is 0.223 e. The van der Waals surface area contributed by atoms with Crippen LogP contribution in [-0.2, 0) is 11.3 Å². The number of hydrogen-bond donors (Lipinski definition) is 0. The van der Waals surface area contributed by atoms with Gasteiger partial charge in [-0.15, -0.1) is 5.10 Å². The van der Waals surface area contributed by atoms with Crippen molar-refractivity contribution >= 4 is 17.4 Å². The molecule has 2 heterocycles. The lowest BCUT2D eigenvalue weighted by atomic mass is 10.00. The van der Waals surface area contributed by atoms with Crippen LogP contribution in [0.25, 0.3) is 0 Å². The van der Waals surface area contributed by atoms with Gasteiger partial charge in [-0.3, -0.25) is 4.79 Å². The van der Waals surface area contributed by atoms with E-state index in [9.17, 15) is 4.79 Å². The monoisotopic (exact) mass is 296 g/mol. The Hall–Kier alpha value is -1.01. The molecule has 1 aliphatic rings. The molecule has 1 aliphatic heterocycles. The Morgan fingerprint density at radius 2 is 2.35 bits per heavy atom. The fourth-order valence-corrected chi connectivity index (χ4v) is 3.29. The molecule has 0 aliphatic carbocycles. The Morgan fingerprint density at radius 1 is 1.55 bits per heavy atom. The van der Waals surface area contributed by atoms with E-state index in [4.69, 9.17) is 0 Å². The summed E-state index contributed by atoms with van der Waals surface area (Å²) in [5.41, 5.74) is 0.998. The lowest BCUT2D eigenvalue weighted by Crippen LogP contribution is -2.40. The van der Waals surface area contributed by atoms with Gasteiger partial charge in [0.1, 0.15) is 0 Å². The lowest BCUT2D eigenvalue weighted by Gasteiger charge is -2.31. The third kappa shape index (κ3) is 4.24. The summed E-state index contributed by atoms with van der Waals surface area (Å²) in [7, 11) is 2.05. The topological polar surface area (TPSA) is 49.3 Å². The van der Waals surface area contributed by atoms with Gasteiger partial charge in [0.25, 0.3) is 0 Å². The summed E-state index contributed by atoms with van der Waals surface area (Å²) in [4.78, 5) is 17.6. The van der Waals surface area contributed by atoms with Gasteiger partial charge in [-0.25, -0.2) is 0 Å². The van der Waals surface area contributed by atoms with Crippen LogP contribution in [0.15, 0.2) is 0 Å². The number of rotatable bonds is 5. The van der Waals surface area contributed by atoms with Crippen molar-refractivity contribution in [2.45, 2.75) is 39.7 Å². The van der Waals surface area contributed by atoms with Crippen molar-refractivity contribution in [1.82, 2.24) is 19.4 Å². The summed E-state index contributed by atoms with van der Waals surface area (Å²) in [6.07, 6.45) is 3.00.